The molecule has 0 radical (unpaired) electrons. The normalized spacial score (nSPS) is 12.5. The zero-order valence-corrected chi connectivity index (χ0v) is 21.0. The van der Waals surface area contributed by atoms with Crippen LogP contribution in [0.2, 0.25) is 0 Å². The standard InChI is InChI=1S/C26H25FN2O7S/c1-3-34-26(31)18-7-9-22(17(2)13-18)28-25(30)16-29(20-6-4-5-19(27)14-20)37(32,33)21-8-10-23-24(15-21)36-12-11-35-23/h4-10,13-15H,3,11-12,16H2,1-2H3,(H,28,30). The van der Waals surface area contributed by atoms with Crippen LogP contribution < -0.4 is 19.1 Å². The lowest BCUT2D eigenvalue weighted by atomic mass is 10.1. The Hall–Kier alpha value is -4.12. The van der Waals surface area contributed by atoms with Crippen LogP contribution in [-0.2, 0) is 19.6 Å². The van der Waals surface area contributed by atoms with Crippen LogP contribution in [0, 0.1) is 12.7 Å². The second-order valence-corrected chi connectivity index (χ2v) is 9.96. The van der Waals surface area contributed by atoms with Crippen LogP contribution in [0.5, 0.6) is 11.5 Å². The van der Waals surface area contributed by atoms with Crippen LogP contribution in [0.3, 0.4) is 0 Å². The number of nitrogens with zero attached hydrogens (tertiary/aromatic N) is 1. The zero-order valence-electron chi connectivity index (χ0n) is 20.2. The van der Waals surface area contributed by atoms with E-state index in [1.165, 1.54) is 48.5 Å². The average Bonchev–Trinajstić information content (AvgIpc) is 2.88. The lowest BCUT2D eigenvalue weighted by Crippen LogP contribution is -2.38. The first-order chi connectivity index (χ1) is 17.7. The summed E-state index contributed by atoms with van der Waals surface area (Å²) in [6.07, 6.45) is 0. The maximum Gasteiger partial charge on any atom is 0.338 e. The summed E-state index contributed by atoms with van der Waals surface area (Å²) in [6.45, 7) is 3.58. The number of esters is 1. The number of fused-ring (bicyclic) bond motifs is 1. The molecule has 1 aliphatic rings. The molecular formula is C26H25FN2O7S. The number of amides is 1. The fourth-order valence-electron chi connectivity index (χ4n) is 3.72. The molecule has 0 aliphatic carbocycles. The fourth-order valence-corrected chi connectivity index (χ4v) is 5.15. The number of carbonyl (C=O) groups is 2. The summed E-state index contributed by atoms with van der Waals surface area (Å²) in [7, 11) is -4.32. The van der Waals surface area contributed by atoms with Gasteiger partial charge in [-0.2, -0.15) is 0 Å². The molecule has 3 aromatic rings. The molecule has 0 spiro atoms. The maximum atomic E-state index is 14.0. The minimum Gasteiger partial charge on any atom is -0.486 e. The van der Waals surface area contributed by atoms with Crippen molar-refractivity contribution in [3.63, 3.8) is 0 Å². The Labute approximate surface area is 213 Å². The number of nitrogens with one attached hydrogen (secondary N) is 1. The van der Waals surface area contributed by atoms with Gasteiger partial charge in [-0.05, 0) is 67.9 Å². The number of halogens is 1. The van der Waals surface area contributed by atoms with E-state index in [1.54, 1.807) is 19.9 Å². The number of benzene rings is 3. The van der Waals surface area contributed by atoms with Crippen molar-refractivity contribution >= 4 is 33.3 Å². The topological polar surface area (TPSA) is 111 Å². The van der Waals surface area contributed by atoms with Gasteiger partial charge in [-0.1, -0.05) is 6.07 Å². The van der Waals surface area contributed by atoms with Crippen molar-refractivity contribution in [1.82, 2.24) is 0 Å². The molecule has 1 aliphatic heterocycles. The Morgan fingerprint density at radius 3 is 2.49 bits per heavy atom. The Kier molecular flexibility index (Phi) is 7.63. The van der Waals surface area contributed by atoms with Crippen molar-refractivity contribution in [2.75, 3.05) is 36.0 Å². The zero-order chi connectivity index (χ0) is 26.6. The molecule has 0 aromatic heterocycles. The van der Waals surface area contributed by atoms with Gasteiger partial charge in [0.2, 0.25) is 5.91 Å². The van der Waals surface area contributed by atoms with E-state index < -0.39 is 34.3 Å². The third kappa shape index (κ3) is 5.83. The predicted molar refractivity (Wildman–Crippen MR) is 134 cm³/mol. The van der Waals surface area contributed by atoms with Crippen molar-refractivity contribution in [3.8, 4) is 11.5 Å². The molecule has 0 saturated heterocycles. The quantitative estimate of drug-likeness (QED) is 0.441. The number of carbonyl (C=O) groups excluding carboxylic acids is 2. The Bertz CT molecular complexity index is 1440. The van der Waals surface area contributed by atoms with E-state index in [9.17, 15) is 22.4 Å². The first kappa shape index (κ1) is 26.0. The first-order valence-corrected chi connectivity index (χ1v) is 12.9. The molecule has 194 valence electrons. The third-order valence-corrected chi connectivity index (χ3v) is 7.27. The molecule has 0 unspecified atom stereocenters. The van der Waals surface area contributed by atoms with Gasteiger partial charge < -0.3 is 19.5 Å². The van der Waals surface area contributed by atoms with E-state index in [-0.39, 0.29) is 29.5 Å². The van der Waals surface area contributed by atoms with Gasteiger partial charge in [0, 0.05) is 11.8 Å². The lowest BCUT2D eigenvalue weighted by Gasteiger charge is -2.25. The summed E-state index contributed by atoms with van der Waals surface area (Å²) in [6, 6.07) is 13.7. The molecule has 4 rings (SSSR count). The van der Waals surface area contributed by atoms with Gasteiger partial charge in [0.05, 0.1) is 22.8 Å². The Balaban J connectivity index is 1.62. The minimum absolute atomic E-state index is 0.0283. The van der Waals surface area contributed by atoms with Crippen molar-refractivity contribution in [2.24, 2.45) is 0 Å². The monoisotopic (exact) mass is 528 g/mol. The number of anilines is 2. The van der Waals surface area contributed by atoms with Gasteiger partial charge in [0.15, 0.2) is 11.5 Å². The van der Waals surface area contributed by atoms with E-state index in [4.69, 9.17) is 14.2 Å². The summed E-state index contributed by atoms with van der Waals surface area (Å²) < 4.78 is 58.1. The molecule has 0 bridgehead atoms. The highest BCUT2D eigenvalue weighted by Crippen LogP contribution is 2.34. The second kappa shape index (κ2) is 10.9. The number of hydrogen-bond acceptors (Lipinski definition) is 7. The summed E-state index contributed by atoms with van der Waals surface area (Å²) in [5, 5.41) is 2.66. The first-order valence-electron chi connectivity index (χ1n) is 11.4. The molecule has 37 heavy (non-hydrogen) atoms. The van der Waals surface area contributed by atoms with Gasteiger partial charge in [-0.15, -0.1) is 0 Å². The molecule has 1 N–H and O–H groups in total. The highest BCUT2D eigenvalue weighted by Gasteiger charge is 2.29. The van der Waals surface area contributed by atoms with Crippen LogP contribution in [0.15, 0.2) is 65.6 Å². The molecule has 0 fully saturated rings. The van der Waals surface area contributed by atoms with Crippen molar-refractivity contribution in [3.05, 3.63) is 77.6 Å². The van der Waals surface area contributed by atoms with E-state index in [0.717, 1.165) is 10.4 Å². The average molecular weight is 529 g/mol. The predicted octanol–water partition coefficient (Wildman–Crippen LogP) is 3.92. The highest BCUT2D eigenvalue weighted by atomic mass is 32.2. The van der Waals surface area contributed by atoms with E-state index in [0.29, 0.717) is 29.2 Å². The van der Waals surface area contributed by atoms with Gasteiger partial charge in [-0.3, -0.25) is 9.10 Å². The van der Waals surface area contributed by atoms with Crippen LogP contribution >= 0.6 is 0 Å². The van der Waals surface area contributed by atoms with Gasteiger partial charge in [0.25, 0.3) is 10.0 Å². The Morgan fingerprint density at radius 2 is 1.78 bits per heavy atom. The molecule has 9 nitrogen and oxygen atoms in total. The molecule has 3 aromatic carbocycles. The lowest BCUT2D eigenvalue weighted by molar-refractivity contribution is -0.114. The SMILES string of the molecule is CCOC(=O)c1ccc(NC(=O)CN(c2cccc(F)c2)S(=O)(=O)c2ccc3c(c2)OCCO3)c(C)c1. The fraction of sp³-hybridized carbons (Fsp3) is 0.231. The molecule has 0 atom stereocenters. The highest BCUT2D eigenvalue weighted by molar-refractivity contribution is 7.92. The number of rotatable bonds is 8. The largest absolute Gasteiger partial charge is 0.486 e. The number of aryl methyl sites for hydroxylation is 1. The van der Waals surface area contributed by atoms with Crippen LogP contribution in [0.4, 0.5) is 15.8 Å². The molecule has 1 heterocycles. The number of hydrogen-bond donors (Lipinski definition) is 1. The summed E-state index contributed by atoms with van der Waals surface area (Å²) >= 11 is 0. The van der Waals surface area contributed by atoms with Crippen LogP contribution in [0.25, 0.3) is 0 Å². The molecule has 11 heteroatoms. The summed E-state index contributed by atoms with van der Waals surface area (Å²) in [5.74, 6) is -1.16. The smallest absolute Gasteiger partial charge is 0.338 e. The van der Waals surface area contributed by atoms with Crippen LogP contribution in [0.1, 0.15) is 22.8 Å². The second-order valence-electron chi connectivity index (χ2n) is 8.10. The number of ether oxygens (including phenoxy) is 3. The summed E-state index contributed by atoms with van der Waals surface area (Å²) in [5.41, 5.74) is 1.25. The molecular weight excluding hydrogens is 503 g/mol. The van der Waals surface area contributed by atoms with Gasteiger partial charge in [0.1, 0.15) is 25.6 Å². The van der Waals surface area contributed by atoms with E-state index >= 15 is 0 Å². The maximum absolute atomic E-state index is 14.0. The van der Waals surface area contributed by atoms with Crippen molar-refractivity contribution < 1.29 is 36.6 Å². The summed E-state index contributed by atoms with van der Waals surface area (Å²) in [4.78, 5) is 24.8. The number of sulfonamides is 1. The van der Waals surface area contributed by atoms with E-state index in [1.807, 2.05) is 0 Å². The molecule has 0 saturated carbocycles. The van der Waals surface area contributed by atoms with E-state index in [2.05, 4.69) is 5.32 Å². The van der Waals surface area contributed by atoms with Crippen molar-refractivity contribution in [1.29, 1.82) is 0 Å². The van der Waals surface area contributed by atoms with Crippen LogP contribution in [-0.4, -0.2) is 46.7 Å². The molecule has 1 amide bonds. The van der Waals surface area contributed by atoms with Gasteiger partial charge >= 0.3 is 5.97 Å². The van der Waals surface area contributed by atoms with Crippen molar-refractivity contribution in [2.45, 2.75) is 18.7 Å². The third-order valence-electron chi connectivity index (χ3n) is 5.50. The van der Waals surface area contributed by atoms with Gasteiger partial charge in [-0.25, -0.2) is 17.6 Å². The Morgan fingerprint density at radius 1 is 1.03 bits per heavy atom. The minimum atomic E-state index is -4.32.